The molecule has 0 saturated heterocycles. The van der Waals surface area contributed by atoms with E-state index in [2.05, 4.69) is 4.98 Å². The molecule has 19 heavy (non-hydrogen) atoms. The van der Waals surface area contributed by atoms with Crippen molar-refractivity contribution in [2.75, 3.05) is 6.61 Å². The molecule has 0 spiro atoms. The van der Waals surface area contributed by atoms with Gasteiger partial charge in [-0.25, -0.2) is 4.39 Å². The topological polar surface area (TPSA) is 59.4 Å². The van der Waals surface area contributed by atoms with Crippen LogP contribution in [-0.2, 0) is 15.1 Å². The second-order valence-corrected chi connectivity index (χ2v) is 4.60. The van der Waals surface area contributed by atoms with Crippen molar-refractivity contribution < 1.29 is 19.0 Å². The van der Waals surface area contributed by atoms with Crippen LogP contribution in [0.4, 0.5) is 4.39 Å². The highest BCUT2D eigenvalue weighted by Crippen LogP contribution is 2.32. The summed E-state index contributed by atoms with van der Waals surface area (Å²) in [6, 6.07) is 2.60. The van der Waals surface area contributed by atoms with E-state index in [1.165, 1.54) is 19.1 Å². The van der Waals surface area contributed by atoms with E-state index < -0.39 is 23.3 Å². The lowest BCUT2D eigenvalue weighted by molar-refractivity contribution is -0.159. The molecule has 106 valence electrons. The molecule has 0 radical (unpaired) electrons. The number of aromatic nitrogens is 1. The molecule has 0 bridgehead atoms. The van der Waals surface area contributed by atoms with Crippen molar-refractivity contribution >= 4 is 5.97 Å². The van der Waals surface area contributed by atoms with Crippen LogP contribution in [0.2, 0.25) is 0 Å². The maximum absolute atomic E-state index is 12.9. The van der Waals surface area contributed by atoms with Gasteiger partial charge in [0.2, 0.25) is 0 Å². The number of pyridine rings is 1. The molecule has 0 saturated carbocycles. The van der Waals surface area contributed by atoms with Crippen molar-refractivity contribution in [3.8, 4) is 0 Å². The van der Waals surface area contributed by atoms with E-state index in [1.54, 1.807) is 6.92 Å². The number of carbonyl (C=O) groups is 1. The number of esters is 1. The minimum atomic E-state index is -1.48. The maximum Gasteiger partial charge on any atom is 0.312 e. The smallest absolute Gasteiger partial charge is 0.312 e. The number of hydrogen-bond donors (Lipinski definition) is 1. The first kappa shape index (κ1) is 15.6. The Morgan fingerprint density at radius 1 is 1.53 bits per heavy atom. The number of halogens is 1. The summed E-state index contributed by atoms with van der Waals surface area (Å²) in [7, 11) is 0. The molecule has 2 unspecified atom stereocenters. The van der Waals surface area contributed by atoms with Crippen LogP contribution < -0.4 is 0 Å². The van der Waals surface area contributed by atoms with E-state index in [0.29, 0.717) is 6.42 Å². The highest BCUT2D eigenvalue weighted by atomic mass is 19.1. The molecule has 0 aromatic carbocycles. The van der Waals surface area contributed by atoms with Gasteiger partial charge in [0.25, 0.3) is 0 Å². The number of aliphatic hydroxyl groups is 1. The van der Waals surface area contributed by atoms with Crippen LogP contribution >= 0.6 is 0 Å². The summed E-state index contributed by atoms with van der Waals surface area (Å²) >= 11 is 0. The highest BCUT2D eigenvalue weighted by molar-refractivity contribution is 5.74. The van der Waals surface area contributed by atoms with E-state index in [-0.39, 0.29) is 12.3 Å². The third kappa shape index (κ3) is 3.73. The zero-order chi connectivity index (χ0) is 14.5. The second-order valence-electron chi connectivity index (χ2n) is 4.60. The van der Waals surface area contributed by atoms with Gasteiger partial charge in [0.1, 0.15) is 11.4 Å². The summed E-state index contributed by atoms with van der Waals surface area (Å²) in [5.74, 6) is -1.65. The fourth-order valence-corrected chi connectivity index (χ4v) is 2.01. The van der Waals surface area contributed by atoms with E-state index in [9.17, 15) is 14.3 Å². The molecular formula is C14H20FNO3. The SMILES string of the molecule is CCCC(C(=O)OCC)C(C)(O)c1ccc(F)cn1. The third-order valence-corrected chi connectivity index (χ3v) is 3.07. The number of ether oxygens (including phenoxy) is 1. The molecule has 0 aliphatic carbocycles. The van der Waals surface area contributed by atoms with Crippen molar-refractivity contribution in [1.29, 1.82) is 0 Å². The molecule has 1 aromatic rings. The fraction of sp³-hybridized carbons (Fsp3) is 0.571. The minimum Gasteiger partial charge on any atom is -0.466 e. The van der Waals surface area contributed by atoms with Crippen LogP contribution in [0, 0.1) is 11.7 Å². The summed E-state index contributed by atoms with van der Waals surface area (Å²) in [4.78, 5) is 15.8. The van der Waals surface area contributed by atoms with E-state index in [4.69, 9.17) is 4.74 Å². The van der Waals surface area contributed by atoms with E-state index >= 15 is 0 Å². The van der Waals surface area contributed by atoms with Gasteiger partial charge in [-0.05, 0) is 32.4 Å². The monoisotopic (exact) mass is 269 g/mol. The first-order valence-electron chi connectivity index (χ1n) is 6.44. The van der Waals surface area contributed by atoms with Crippen LogP contribution in [0.3, 0.4) is 0 Å². The third-order valence-electron chi connectivity index (χ3n) is 3.07. The van der Waals surface area contributed by atoms with E-state index in [0.717, 1.165) is 12.6 Å². The van der Waals surface area contributed by atoms with Gasteiger partial charge >= 0.3 is 5.97 Å². The number of hydrogen-bond acceptors (Lipinski definition) is 4. The largest absolute Gasteiger partial charge is 0.466 e. The Kier molecular flexibility index (Phi) is 5.42. The number of nitrogens with zero attached hydrogens (tertiary/aromatic N) is 1. The Labute approximate surface area is 112 Å². The molecule has 0 aliphatic heterocycles. The van der Waals surface area contributed by atoms with Crippen molar-refractivity contribution in [2.45, 2.75) is 39.2 Å². The van der Waals surface area contributed by atoms with Crippen LogP contribution in [0.25, 0.3) is 0 Å². The summed E-state index contributed by atoms with van der Waals surface area (Å²) in [6.07, 6.45) is 2.23. The molecule has 1 N–H and O–H groups in total. The molecule has 2 atom stereocenters. The lowest BCUT2D eigenvalue weighted by atomic mass is 9.83. The number of carbonyl (C=O) groups excluding carboxylic acids is 1. The average Bonchev–Trinajstić information content (AvgIpc) is 2.36. The molecule has 1 heterocycles. The predicted molar refractivity (Wildman–Crippen MR) is 68.8 cm³/mol. The van der Waals surface area contributed by atoms with Gasteiger partial charge in [-0.3, -0.25) is 9.78 Å². The molecule has 4 nitrogen and oxygen atoms in total. The maximum atomic E-state index is 12.9. The Morgan fingerprint density at radius 2 is 2.21 bits per heavy atom. The first-order chi connectivity index (χ1) is 8.93. The Bertz CT molecular complexity index is 417. The van der Waals surface area contributed by atoms with E-state index in [1.807, 2.05) is 6.92 Å². The average molecular weight is 269 g/mol. The Balaban J connectivity index is 3.04. The molecule has 0 aliphatic rings. The molecule has 5 heteroatoms. The van der Waals surface area contributed by atoms with Crippen LogP contribution in [-0.4, -0.2) is 22.7 Å². The molecule has 0 fully saturated rings. The van der Waals surface area contributed by atoms with Gasteiger partial charge in [-0.1, -0.05) is 13.3 Å². The van der Waals surface area contributed by atoms with Crippen LogP contribution in [0.1, 0.15) is 39.3 Å². The van der Waals surface area contributed by atoms with Gasteiger partial charge in [0.05, 0.1) is 24.4 Å². The van der Waals surface area contributed by atoms with Gasteiger partial charge in [0.15, 0.2) is 0 Å². The summed E-state index contributed by atoms with van der Waals surface area (Å²) < 4.78 is 17.9. The summed E-state index contributed by atoms with van der Waals surface area (Å²) in [5.41, 5.74) is -1.21. The zero-order valence-electron chi connectivity index (χ0n) is 11.5. The standard InChI is InChI=1S/C14H20FNO3/c1-4-6-11(13(17)19-5-2)14(3,18)12-8-7-10(15)9-16-12/h7-9,11,18H,4-6H2,1-3H3. The van der Waals surface area contributed by atoms with Crippen LogP contribution in [0.15, 0.2) is 18.3 Å². The molecular weight excluding hydrogens is 249 g/mol. The fourth-order valence-electron chi connectivity index (χ4n) is 2.01. The number of rotatable bonds is 6. The predicted octanol–water partition coefficient (Wildman–Crippen LogP) is 2.41. The quantitative estimate of drug-likeness (QED) is 0.806. The minimum absolute atomic E-state index is 0.256. The molecule has 0 amide bonds. The lowest BCUT2D eigenvalue weighted by Crippen LogP contribution is -2.39. The first-order valence-corrected chi connectivity index (χ1v) is 6.44. The van der Waals surface area contributed by atoms with Gasteiger partial charge in [-0.2, -0.15) is 0 Å². The Morgan fingerprint density at radius 3 is 2.68 bits per heavy atom. The molecule has 1 aromatic heterocycles. The van der Waals surface area contributed by atoms with Crippen LogP contribution in [0.5, 0.6) is 0 Å². The zero-order valence-corrected chi connectivity index (χ0v) is 11.5. The normalized spacial score (nSPS) is 15.6. The lowest BCUT2D eigenvalue weighted by Gasteiger charge is -2.30. The highest BCUT2D eigenvalue weighted by Gasteiger charge is 2.40. The second kappa shape index (κ2) is 6.61. The van der Waals surface area contributed by atoms with Gasteiger partial charge in [-0.15, -0.1) is 0 Å². The summed E-state index contributed by atoms with van der Waals surface area (Å²) in [5, 5.41) is 10.6. The van der Waals surface area contributed by atoms with Gasteiger partial charge in [0, 0.05) is 0 Å². The van der Waals surface area contributed by atoms with Crippen molar-refractivity contribution in [3.63, 3.8) is 0 Å². The Hall–Kier alpha value is -1.49. The van der Waals surface area contributed by atoms with Crippen molar-refractivity contribution in [2.24, 2.45) is 5.92 Å². The molecule has 1 rings (SSSR count). The van der Waals surface area contributed by atoms with Crippen molar-refractivity contribution in [1.82, 2.24) is 4.98 Å². The van der Waals surface area contributed by atoms with Gasteiger partial charge < -0.3 is 9.84 Å². The summed E-state index contributed by atoms with van der Waals surface area (Å²) in [6.45, 7) is 5.39. The van der Waals surface area contributed by atoms with Crippen molar-refractivity contribution in [3.05, 3.63) is 29.8 Å².